The molecule has 1 saturated heterocycles. The van der Waals surface area contributed by atoms with Gasteiger partial charge in [-0.1, -0.05) is 24.3 Å². The molecule has 0 bridgehead atoms. The molecule has 0 amide bonds. The molecule has 4 heteroatoms. The largest absolute Gasteiger partial charge is 0.308 e. The van der Waals surface area contributed by atoms with E-state index < -0.39 is 0 Å². The Balaban J connectivity index is 1.81. The minimum absolute atomic E-state index is 0.140. The summed E-state index contributed by atoms with van der Waals surface area (Å²) in [5.74, 6) is 0.140. The standard InChI is InChI=1S/C21H21NOS2/c1-24-19-7-3-15(4-8-19)11-17-13-22-14-18(21(17)23)12-16-5-9-20(25-2)10-6-16/h3-12,22H,13-14H2,1-2H3/b17-11+,18-12+. The van der Waals surface area contributed by atoms with Crippen LogP contribution >= 0.6 is 23.5 Å². The van der Waals surface area contributed by atoms with Gasteiger partial charge in [0.2, 0.25) is 0 Å². The molecule has 0 unspecified atom stereocenters. The molecular formula is C21H21NOS2. The molecule has 0 aromatic heterocycles. The van der Waals surface area contributed by atoms with Crippen LogP contribution in [0.25, 0.3) is 12.2 Å². The van der Waals surface area contributed by atoms with Crippen LogP contribution in [0.4, 0.5) is 0 Å². The first kappa shape index (κ1) is 18.1. The second kappa shape index (κ2) is 8.56. The second-order valence-corrected chi connectivity index (χ2v) is 7.58. The van der Waals surface area contributed by atoms with E-state index in [9.17, 15) is 4.79 Å². The smallest absolute Gasteiger partial charge is 0.187 e. The van der Waals surface area contributed by atoms with E-state index in [0.29, 0.717) is 13.1 Å². The van der Waals surface area contributed by atoms with E-state index in [-0.39, 0.29) is 5.78 Å². The minimum atomic E-state index is 0.140. The van der Waals surface area contributed by atoms with Crippen LogP contribution in [0.1, 0.15) is 11.1 Å². The maximum absolute atomic E-state index is 12.8. The fraction of sp³-hybridized carbons (Fsp3) is 0.190. The molecule has 25 heavy (non-hydrogen) atoms. The highest BCUT2D eigenvalue weighted by atomic mass is 32.2. The van der Waals surface area contributed by atoms with Crippen LogP contribution in [-0.2, 0) is 4.79 Å². The number of thioether (sulfide) groups is 2. The van der Waals surface area contributed by atoms with Crippen molar-refractivity contribution in [3.8, 4) is 0 Å². The van der Waals surface area contributed by atoms with Crippen molar-refractivity contribution < 1.29 is 4.79 Å². The summed E-state index contributed by atoms with van der Waals surface area (Å²) in [7, 11) is 0. The second-order valence-electron chi connectivity index (χ2n) is 5.82. The Morgan fingerprint density at radius 1 is 0.760 bits per heavy atom. The first-order valence-electron chi connectivity index (χ1n) is 8.14. The van der Waals surface area contributed by atoms with Gasteiger partial charge in [-0.15, -0.1) is 23.5 Å². The van der Waals surface area contributed by atoms with Crippen LogP contribution in [0.3, 0.4) is 0 Å². The number of nitrogens with one attached hydrogen (secondary N) is 1. The molecule has 0 saturated carbocycles. The third-order valence-corrected chi connectivity index (χ3v) is 5.61. The van der Waals surface area contributed by atoms with Crippen molar-refractivity contribution in [3.63, 3.8) is 0 Å². The zero-order valence-electron chi connectivity index (χ0n) is 14.4. The molecule has 1 fully saturated rings. The average molecular weight is 368 g/mol. The monoisotopic (exact) mass is 367 g/mol. The molecule has 1 N–H and O–H groups in total. The lowest BCUT2D eigenvalue weighted by atomic mass is 9.95. The van der Waals surface area contributed by atoms with E-state index in [1.54, 1.807) is 23.5 Å². The van der Waals surface area contributed by atoms with E-state index in [1.165, 1.54) is 9.79 Å². The van der Waals surface area contributed by atoms with Crippen molar-refractivity contribution in [2.24, 2.45) is 0 Å². The van der Waals surface area contributed by atoms with E-state index in [2.05, 4.69) is 66.4 Å². The Labute approximate surface area is 157 Å². The van der Waals surface area contributed by atoms with E-state index in [4.69, 9.17) is 0 Å². The van der Waals surface area contributed by atoms with Gasteiger partial charge in [-0.05, 0) is 60.1 Å². The Hall–Kier alpha value is -1.75. The molecule has 1 aliphatic heterocycles. The van der Waals surface area contributed by atoms with Crippen molar-refractivity contribution >= 4 is 41.5 Å². The van der Waals surface area contributed by atoms with Gasteiger partial charge in [0.25, 0.3) is 0 Å². The molecule has 3 rings (SSSR count). The highest BCUT2D eigenvalue weighted by Gasteiger charge is 2.20. The summed E-state index contributed by atoms with van der Waals surface area (Å²) in [5, 5.41) is 3.34. The van der Waals surface area contributed by atoms with Gasteiger partial charge in [0.15, 0.2) is 5.78 Å². The number of carbonyl (C=O) groups excluding carboxylic acids is 1. The fourth-order valence-electron chi connectivity index (χ4n) is 2.73. The van der Waals surface area contributed by atoms with E-state index in [1.807, 2.05) is 12.2 Å². The maximum atomic E-state index is 12.8. The van der Waals surface area contributed by atoms with Crippen molar-refractivity contribution in [1.29, 1.82) is 0 Å². The quantitative estimate of drug-likeness (QED) is 0.623. The van der Waals surface area contributed by atoms with Gasteiger partial charge >= 0.3 is 0 Å². The summed E-state index contributed by atoms with van der Waals surface area (Å²) in [5.41, 5.74) is 3.76. The number of carbonyl (C=O) groups is 1. The normalized spacial score (nSPS) is 18.1. The predicted octanol–water partition coefficient (Wildman–Crippen LogP) is 4.77. The first-order chi connectivity index (χ1) is 12.2. The minimum Gasteiger partial charge on any atom is -0.308 e. The van der Waals surface area contributed by atoms with Gasteiger partial charge < -0.3 is 5.32 Å². The Bertz CT molecular complexity index is 737. The number of hydrogen-bond acceptors (Lipinski definition) is 4. The number of Topliss-reactive ketones (excluding diaryl/α,β-unsaturated/α-hetero) is 1. The third-order valence-electron chi connectivity index (χ3n) is 4.13. The molecule has 2 aromatic rings. The van der Waals surface area contributed by atoms with Crippen LogP contribution in [0.2, 0.25) is 0 Å². The summed E-state index contributed by atoms with van der Waals surface area (Å²) in [6.45, 7) is 1.23. The zero-order chi connectivity index (χ0) is 17.6. The molecule has 128 valence electrons. The molecule has 2 aromatic carbocycles. The predicted molar refractivity (Wildman–Crippen MR) is 110 cm³/mol. The van der Waals surface area contributed by atoms with Crippen LogP contribution in [-0.4, -0.2) is 31.4 Å². The van der Waals surface area contributed by atoms with Gasteiger partial charge in [0.1, 0.15) is 0 Å². The lowest BCUT2D eigenvalue weighted by molar-refractivity contribution is -0.112. The molecule has 0 radical (unpaired) electrons. The molecule has 2 nitrogen and oxygen atoms in total. The highest BCUT2D eigenvalue weighted by molar-refractivity contribution is 7.98. The van der Waals surface area contributed by atoms with Gasteiger partial charge in [0.05, 0.1) is 0 Å². The van der Waals surface area contributed by atoms with Crippen molar-refractivity contribution in [2.75, 3.05) is 25.6 Å². The Morgan fingerprint density at radius 2 is 1.16 bits per heavy atom. The van der Waals surface area contributed by atoms with Crippen molar-refractivity contribution in [1.82, 2.24) is 5.32 Å². The summed E-state index contributed by atoms with van der Waals surface area (Å²) in [6.07, 6.45) is 8.10. The van der Waals surface area contributed by atoms with Crippen LogP contribution in [0, 0.1) is 0 Å². The Kier molecular flexibility index (Phi) is 6.19. The number of piperidine rings is 1. The van der Waals surface area contributed by atoms with Gasteiger partial charge in [-0.3, -0.25) is 4.79 Å². The molecule has 1 aliphatic rings. The van der Waals surface area contributed by atoms with Crippen LogP contribution < -0.4 is 5.32 Å². The number of rotatable bonds is 4. The highest BCUT2D eigenvalue weighted by Crippen LogP contribution is 2.21. The summed E-state index contributed by atoms with van der Waals surface area (Å²) >= 11 is 3.44. The average Bonchev–Trinajstić information content (AvgIpc) is 2.66. The number of hydrogen-bond donors (Lipinski definition) is 1. The summed E-state index contributed by atoms with van der Waals surface area (Å²) in [4.78, 5) is 15.2. The SMILES string of the molecule is CSc1ccc(/C=C2\CNC/C(=C\c3ccc(SC)cc3)C2=O)cc1. The maximum Gasteiger partial charge on any atom is 0.187 e. The van der Waals surface area contributed by atoms with Gasteiger partial charge in [-0.2, -0.15) is 0 Å². The van der Waals surface area contributed by atoms with Crippen LogP contribution in [0.15, 0.2) is 69.5 Å². The molecule has 1 heterocycles. The summed E-state index contributed by atoms with van der Waals surface area (Å²) in [6, 6.07) is 16.6. The molecule has 0 atom stereocenters. The van der Waals surface area contributed by atoms with Gasteiger partial charge in [-0.25, -0.2) is 0 Å². The van der Waals surface area contributed by atoms with Crippen molar-refractivity contribution in [3.05, 3.63) is 70.8 Å². The summed E-state index contributed by atoms with van der Waals surface area (Å²) < 4.78 is 0. The number of benzene rings is 2. The molecule has 0 spiro atoms. The van der Waals surface area contributed by atoms with Gasteiger partial charge in [0, 0.05) is 34.0 Å². The third kappa shape index (κ3) is 4.66. The number of ketones is 1. The fourth-order valence-corrected chi connectivity index (χ4v) is 3.55. The topological polar surface area (TPSA) is 29.1 Å². The first-order valence-corrected chi connectivity index (χ1v) is 10.6. The van der Waals surface area contributed by atoms with Crippen molar-refractivity contribution in [2.45, 2.75) is 9.79 Å². The zero-order valence-corrected chi connectivity index (χ0v) is 16.0. The lowest BCUT2D eigenvalue weighted by Gasteiger charge is -2.18. The molecule has 0 aliphatic carbocycles. The molecular weight excluding hydrogens is 346 g/mol. The van der Waals surface area contributed by atoms with E-state index in [0.717, 1.165) is 22.3 Å². The van der Waals surface area contributed by atoms with E-state index >= 15 is 0 Å². The Morgan fingerprint density at radius 3 is 1.52 bits per heavy atom. The lowest BCUT2D eigenvalue weighted by Crippen LogP contribution is -2.32. The van der Waals surface area contributed by atoms with Crippen LogP contribution in [0.5, 0.6) is 0 Å².